The highest BCUT2D eigenvalue weighted by molar-refractivity contribution is 7.92. The van der Waals surface area contributed by atoms with Crippen LogP contribution in [0, 0.1) is 6.92 Å². The molecule has 0 aliphatic heterocycles. The van der Waals surface area contributed by atoms with E-state index in [-0.39, 0.29) is 17.3 Å². The number of rotatable bonds is 10. The predicted octanol–water partition coefficient (Wildman–Crippen LogP) is 4.74. The first-order valence-electron chi connectivity index (χ1n) is 11.0. The molecule has 0 unspecified atom stereocenters. The molecule has 33 heavy (non-hydrogen) atoms. The summed E-state index contributed by atoms with van der Waals surface area (Å²) in [5.74, 6) is -1.03. The number of anilines is 1. The van der Waals surface area contributed by atoms with Crippen molar-refractivity contribution in [1.29, 1.82) is 0 Å². The van der Waals surface area contributed by atoms with Gasteiger partial charge in [-0.15, -0.1) is 12.4 Å². The van der Waals surface area contributed by atoms with Gasteiger partial charge >= 0.3 is 0 Å². The molecule has 0 fully saturated rings. The number of benzene rings is 2. The van der Waals surface area contributed by atoms with Crippen LogP contribution < -0.4 is 4.90 Å². The number of sulfone groups is 1. The molecule has 3 aromatic rings. The number of fused-ring (bicyclic) bond motifs is 1. The second-order valence-corrected chi connectivity index (χ2v) is 10.8. The molecule has 2 aromatic carbocycles. The fourth-order valence-electron chi connectivity index (χ4n) is 3.47. The monoisotopic (exact) mass is 509 g/mol. The SMILES string of the molecule is CCc1ccc2nc(N(CCN(CC)CC)C(=O)CS(=O)(=O)c3ccc(C)cc3)sc2c1.Cl. The number of halogens is 1. The fraction of sp³-hybridized carbons (Fsp3) is 0.417. The third-order valence-electron chi connectivity index (χ3n) is 5.61. The maximum absolute atomic E-state index is 13.3. The van der Waals surface area contributed by atoms with Crippen LogP contribution in [0.25, 0.3) is 10.2 Å². The zero-order valence-corrected chi connectivity index (χ0v) is 22.0. The van der Waals surface area contributed by atoms with Gasteiger partial charge in [0.2, 0.25) is 5.91 Å². The molecular formula is C24H32ClN3O3S2. The van der Waals surface area contributed by atoms with E-state index in [9.17, 15) is 13.2 Å². The van der Waals surface area contributed by atoms with Crippen molar-refractivity contribution in [3.05, 3.63) is 53.6 Å². The Balaban J connectivity index is 0.00000385. The van der Waals surface area contributed by atoms with Crippen LogP contribution in [0.4, 0.5) is 5.13 Å². The lowest BCUT2D eigenvalue weighted by atomic mass is 10.2. The van der Waals surface area contributed by atoms with Crippen molar-refractivity contribution in [3.63, 3.8) is 0 Å². The zero-order chi connectivity index (χ0) is 23.3. The fourth-order valence-corrected chi connectivity index (χ4v) is 5.74. The van der Waals surface area contributed by atoms with Crippen molar-refractivity contribution in [2.75, 3.05) is 36.8 Å². The van der Waals surface area contributed by atoms with E-state index in [1.165, 1.54) is 16.9 Å². The minimum atomic E-state index is -3.75. The summed E-state index contributed by atoms with van der Waals surface area (Å²) in [6, 6.07) is 12.7. The molecule has 0 radical (unpaired) electrons. The first-order valence-corrected chi connectivity index (χ1v) is 13.5. The van der Waals surface area contributed by atoms with E-state index in [0.717, 1.165) is 35.3 Å². The number of nitrogens with zero attached hydrogens (tertiary/aromatic N) is 3. The third kappa shape index (κ3) is 6.76. The molecular weight excluding hydrogens is 478 g/mol. The average Bonchev–Trinajstić information content (AvgIpc) is 3.19. The molecule has 1 heterocycles. The van der Waals surface area contributed by atoms with Gasteiger partial charge in [-0.2, -0.15) is 0 Å². The van der Waals surface area contributed by atoms with Crippen LogP contribution in [0.3, 0.4) is 0 Å². The van der Waals surface area contributed by atoms with E-state index in [1.54, 1.807) is 29.2 Å². The molecule has 1 aromatic heterocycles. The van der Waals surface area contributed by atoms with Crippen molar-refractivity contribution in [2.45, 2.75) is 39.0 Å². The van der Waals surface area contributed by atoms with E-state index in [0.29, 0.717) is 18.2 Å². The highest BCUT2D eigenvalue weighted by atomic mass is 35.5. The summed E-state index contributed by atoms with van der Waals surface area (Å²) in [6.07, 6.45) is 0.919. The smallest absolute Gasteiger partial charge is 0.244 e. The summed E-state index contributed by atoms with van der Waals surface area (Å²) in [5.41, 5.74) is 3.00. The number of aryl methyl sites for hydroxylation is 2. The number of hydrogen-bond donors (Lipinski definition) is 0. The Kier molecular flexibility index (Phi) is 9.84. The van der Waals surface area contributed by atoms with Crippen LogP contribution in [-0.4, -0.2) is 56.1 Å². The minimum Gasteiger partial charge on any atom is -0.302 e. The van der Waals surface area contributed by atoms with Crippen LogP contribution in [0.15, 0.2) is 47.4 Å². The number of thiazole rings is 1. The van der Waals surface area contributed by atoms with Gasteiger partial charge in [0.15, 0.2) is 15.0 Å². The summed E-state index contributed by atoms with van der Waals surface area (Å²) >= 11 is 1.43. The lowest BCUT2D eigenvalue weighted by molar-refractivity contribution is -0.116. The van der Waals surface area contributed by atoms with E-state index < -0.39 is 21.5 Å². The first-order chi connectivity index (χ1) is 15.3. The number of carbonyl (C=O) groups is 1. The molecule has 180 valence electrons. The van der Waals surface area contributed by atoms with E-state index in [1.807, 2.05) is 19.1 Å². The Hall–Kier alpha value is -2.00. The van der Waals surface area contributed by atoms with Gasteiger partial charge in [-0.1, -0.05) is 55.9 Å². The van der Waals surface area contributed by atoms with Gasteiger partial charge in [0.1, 0.15) is 5.75 Å². The number of carbonyl (C=O) groups excluding carboxylic acids is 1. The Morgan fingerprint density at radius 2 is 1.67 bits per heavy atom. The molecule has 0 bridgehead atoms. The van der Waals surface area contributed by atoms with Crippen molar-refractivity contribution in [2.24, 2.45) is 0 Å². The topological polar surface area (TPSA) is 70.6 Å². The molecule has 0 spiro atoms. The number of hydrogen-bond acceptors (Lipinski definition) is 6. The molecule has 0 saturated carbocycles. The van der Waals surface area contributed by atoms with E-state index in [4.69, 9.17) is 0 Å². The molecule has 3 rings (SSSR count). The van der Waals surface area contributed by atoms with Gasteiger partial charge in [-0.3, -0.25) is 9.69 Å². The zero-order valence-electron chi connectivity index (χ0n) is 19.6. The maximum Gasteiger partial charge on any atom is 0.244 e. The molecule has 0 aliphatic carbocycles. The van der Waals surface area contributed by atoms with Gasteiger partial charge < -0.3 is 4.90 Å². The Bertz CT molecular complexity index is 1170. The maximum atomic E-state index is 13.3. The quantitative estimate of drug-likeness (QED) is 0.395. The van der Waals surface area contributed by atoms with Crippen molar-refractivity contribution in [3.8, 4) is 0 Å². The van der Waals surface area contributed by atoms with Crippen LogP contribution in [-0.2, 0) is 21.1 Å². The molecule has 0 saturated heterocycles. The van der Waals surface area contributed by atoms with Crippen LogP contribution >= 0.6 is 23.7 Å². The second kappa shape index (κ2) is 11.9. The van der Waals surface area contributed by atoms with Gasteiger partial charge in [-0.05, 0) is 56.3 Å². The van der Waals surface area contributed by atoms with Gasteiger partial charge in [-0.25, -0.2) is 13.4 Å². The van der Waals surface area contributed by atoms with Crippen molar-refractivity contribution < 1.29 is 13.2 Å². The van der Waals surface area contributed by atoms with E-state index in [2.05, 4.69) is 36.7 Å². The highest BCUT2D eigenvalue weighted by Crippen LogP contribution is 2.30. The average molecular weight is 510 g/mol. The van der Waals surface area contributed by atoms with Gasteiger partial charge in [0.25, 0.3) is 0 Å². The predicted molar refractivity (Wildman–Crippen MR) is 140 cm³/mol. The highest BCUT2D eigenvalue weighted by Gasteiger charge is 2.27. The molecule has 9 heteroatoms. The Morgan fingerprint density at radius 3 is 2.27 bits per heavy atom. The minimum absolute atomic E-state index is 0. The van der Waals surface area contributed by atoms with Crippen LogP contribution in [0.1, 0.15) is 31.9 Å². The van der Waals surface area contributed by atoms with Gasteiger partial charge in [0.05, 0.1) is 15.1 Å². The number of amides is 1. The summed E-state index contributed by atoms with van der Waals surface area (Å²) in [5, 5.41) is 0.546. The summed E-state index contributed by atoms with van der Waals surface area (Å²) in [4.78, 5) is 21.9. The van der Waals surface area contributed by atoms with Gasteiger partial charge in [0, 0.05) is 13.1 Å². The van der Waals surface area contributed by atoms with Crippen LogP contribution in [0.2, 0.25) is 0 Å². The summed E-state index contributed by atoms with van der Waals surface area (Å²) in [7, 11) is -3.75. The normalized spacial score (nSPS) is 11.5. The molecule has 0 aliphatic rings. The van der Waals surface area contributed by atoms with Crippen molar-refractivity contribution >= 4 is 54.8 Å². The van der Waals surface area contributed by atoms with Crippen LogP contribution in [0.5, 0.6) is 0 Å². The molecule has 1 amide bonds. The lowest BCUT2D eigenvalue weighted by Gasteiger charge is -2.24. The molecule has 0 N–H and O–H groups in total. The largest absolute Gasteiger partial charge is 0.302 e. The Labute approximate surface area is 207 Å². The summed E-state index contributed by atoms with van der Waals surface area (Å²) < 4.78 is 26.8. The lowest BCUT2D eigenvalue weighted by Crippen LogP contribution is -2.41. The third-order valence-corrected chi connectivity index (χ3v) is 8.27. The van der Waals surface area contributed by atoms with E-state index >= 15 is 0 Å². The molecule has 6 nitrogen and oxygen atoms in total. The second-order valence-electron chi connectivity index (χ2n) is 7.80. The first kappa shape index (κ1) is 27.2. The molecule has 0 atom stereocenters. The Morgan fingerprint density at radius 1 is 1.00 bits per heavy atom. The summed E-state index contributed by atoms with van der Waals surface area (Å²) in [6.45, 7) is 10.9. The van der Waals surface area contributed by atoms with Crippen molar-refractivity contribution in [1.82, 2.24) is 9.88 Å². The number of likely N-dealkylation sites (N-methyl/N-ethyl adjacent to an activating group) is 1. The number of aromatic nitrogens is 1. The standard InChI is InChI=1S/C24H31N3O3S2.ClH/c1-5-19-10-13-21-22(16-19)31-24(25-21)27(15-14-26(6-2)7-3)23(28)17-32(29,30)20-11-8-18(4)9-12-20;/h8-13,16H,5-7,14-15,17H2,1-4H3;1H.